The molecule has 0 spiro atoms. The van der Waals surface area contributed by atoms with Gasteiger partial charge in [-0.1, -0.05) is 12.8 Å². The third-order valence-corrected chi connectivity index (χ3v) is 4.16. The maximum absolute atomic E-state index is 13.1. The van der Waals surface area contributed by atoms with Gasteiger partial charge in [0.2, 0.25) is 0 Å². The Hall–Kier alpha value is -1.25. The Bertz CT molecular complexity index is 457. The molecule has 0 heterocycles. The first-order chi connectivity index (χ1) is 8.18. The van der Waals surface area contributed by atoms with E-state index in [0.29, 0.717) is 17.4 Å². The number of fused-ring (bicyclic) bond motifs is 1. The molecule has 2 unspecified atom stereocenters. The van der Waals surface area contributed by atoms with Crippen LogP contribution in [0, 0.1) is 29.4 Å². The van der Waals surface area contributed by atoms with Gasteiger partial charge in [-0.3, -0.25) is 4.79 Å². The fourth-order valence-electron chi connectivity index (χ4n) is 3.22. The molecule has 0 amide bonds. The Kier molecular flexibility index (Phi) is 2.49. The number of rotatable bonds is 2. The van der Waals surface area contributed by atoms with E-state index in [1.54, 1.807) is 0 Å². The molecule has 2 aliphatic carbocycles. The molecule has 0 radical (unpaired) electrons. The normalized spacial score (nSPS) is 30.8. The Balaban J connectivity index is 1.80. The zero-order valence-corrected chi connectivity index (χ0v) is 9.46. The van der Waals surface area contributed by atoms with Crippen LogP contribution in [0.2, 0.25) is 0 Å². The molecule has 1 nitrogen and oxygen atoms in total. The summed E-state index contributed by atoms with van der Waals surface area (Å²) in [5, 5.41) is 0. The van der Waals surface area contributed by atoms with Crippen molar-refractivity contribution in [2.24, 2.45) is 17.8 Å². The Morgan fingerprint density at radius 1 is 1.06 bits per heavy atom. The number of carbonyl (C=O) groups excluding carboxylic acids is 1. The van der Waals surface area contributed by atoms with Crippen LogP contribution in [-0.2, 0) is 0 Å². The minimum absolute atomic E-state index is 0.000741. The first-order valence-corrected chi connectivity index (χ1v) is 6.18. The van der Waals surface area contributed by atoms with Gasteiger partial charge < -0.3 is 0 Å². The van der Waals surface area contributed by atoms with E-state index in [1.807, 2.05) is 0 Å². The van der Waals surface area contributed by atoms with Crippen LogP contribution >= 0.6 is 0 Å². The van der Waals surface area contributed by atoms with Crippen LogP contribution < -0.4 is 0 Å². The molecule has 1 aromatic rings. The highest BCUT2D eigenvalue weighted by atomic mass is 19.2. The van der Waals surface area contributed by atoms with Gasteiger partial charge in [-0.05, 0) is 42.9 Å². The molecule has 0 aliphatic heterocycles. The highest BCUT2D eigenvalue weighted by Crippen LogP contribution is 2.56. The van der Waals surface area contributed by atoms with E-state index < -0.39 is 11.6 Å². The van der Waals surface area contributed by atoms with Crippen molar-refractivity contribution >= 4 is 5.78 Å². The quantitative estimate of drug-likeness (QED) is 0.717. The van der Waals surface area contributed by atoms with Crippen molar-refractivity contribution < 1.29 is 13.6 Å². The zero-order valence-electron chi connectivity index (χ0n) is 9.46. The number of hydrogen-bond acceptors (Lipinski definition) is 1. The summed E-state index contributed by atoms with van der Waals surface area (Å²) >= 11 is 0. The lowest BCUT2D eigenvalue weighted by molar-refractivity contribution is 0.0956. The van der Waals surface area contributed by atoms with Crippen LogP contribution in [0.1, 0.15) is 36.0 Å². The van der Waals surface area contributed by atoms with E-state index in [4.69, 9.17) is 0 Å². The van der Waals surface area contributed by atoms with Crippen LogP contribution in [0.15, 0.2) is 18.2 Å². The number of Topliss-reactive ketones (excluding diaryl/α,β-unsaturated/α-hetero) is 1. The maximum Gasteiger partial charge on any atom is 0.166 e. The first kappa shape index (κ1) is 10.9. The summed E-state index contributed by atoms with van der Waals surface area (Å²) in [5.41, 5.74) is 0.322. The van der Waals surface area contributed by atoms with Gasteiger partial charge in [-0.15, -0.1) is 0 Å². The molecule has 0 aromatic heterocycles. The van der Waals surface area contributed by atoms with E-state index in [-0.39, 0.29) is 11.7 Å². The molecule has 0 bridgehead atoms. The lowest BCUT2D eigenvalue weighted by Crippen LogP contribution is -2.05. The molecule has 90 valence electrons. The molecule has 0 N–H and O–H groups in total. The van der Waals surface area contributed by atoms with Gasteiger partial charge in [-0.2, -0.15) is 0 Å². The molecular formula is C14H14F2O. The van der Waals surface area contributed by atoms with Crippen molar-refractivity contribution in [3.63, 3.8) is 0 Å². The van der Waals surface area contributed by atoms with Crippen molar-refractivity contribution in [1.29, 1.82) is 0 Å². The van der Waals surface area contributed by atoms with Crippen molar-refractivity contribution in [3.05, 3.63) is 35.4 Å². The third-order valence-electron chi connectivity index (χ3n) is 4.16. The highest BCUT2D eigenvalue weighted by molar-refractivity contribution is 6.00. The largest absolute Gasteiger partial charge is 0.294 e. The standard InChI is InChI=1S/C14H14F2O/c15-11-6-5-8(7-12(11)16)14(17)13-9-3-1-2-4-10(9)13/h5-7,9-10,13H,1-4H2. The minimum Gasteiger partial charge on any atom is -0.294 e. The molecule has 1 aromatic carbocycles. The SMILES string of the molecule is O=C(c1ccc(F)c(F)c1)C1C2CCCCC21. The van der Waals surface area contributed by atoms with Crippen LogP contribution in [0.25, 0.3) is 0 Å². The van der Waals surface area contributed by atoms with Crippen molar-refractivity contribution in [2.45, 2.75) is 25.7 Å². The fourth-order valence-corrected chi connectivity index (χ4v) is 3.22. The Labute approximate surface area is 98.8 Å². The topological polar surface area (TPSA) is 17.1 Å². The van der Waals surface area contributed by atoms with E-state index in [2.05, 4.69) is 0 Å². The molecule has 3 rings (SSSR count). The predicted octanol–water partition coefficient (Wildman–Crippen LogP) is 3.58. The summed E-state index contributed by atoms with van der Waals surface area (Å²) in [6, 6.07) is 3.46. The summed E-state index contributed by atoms with van der Waals surface area (Å²) < 4.78 is 25.9. The monoisotopic (exact) mass is 236 g/mol. The summed E-state index contributed by atoms with van der Waals surface area (Å²) in [4.78, 5) is 12.1. The number of benzene rings is 1. The van der Waals surface area contributed by atoms with E-state index >= 15 is 0 Å². The van der Waals surface area contributed by atoms with E-state index in [9.17, 15) is 13.6 Å². The second kappa shape index (κ2) is 3.90. The average Bonchev–Trinajstić information content (AvgIpc) is 3.06. The second-order valence-corrected chi connectivity index (χ2v) is 5.13. The second-order valence-electron chi connectivity index (χ2n) is 5.13. The molecule has 3 heteroatoms. The Morgan fingerprint density at radius 2 is 1.71 bits per heavy atom. The van der Waals surface area contributed by atoms with Crippen molar-refractivity contribution in [3.8, 4) is 0 Å². The van der Waals surface area contributed by atoms with E-state index in [1.165, 1.54) is 18.9 Å². The fraction of sp³-hybridized carbons (Fsp3) is 0.500. The van der Waals surface area contributed by atoms with Gasteiger partial charge in [0.05, 0.1) is 0 Å². The van der Waals surface area contributed by atoms with Gasteiger partial charge in [0.15, 0.2) is 17.4 Å². The van der Waals surface area contributed by atoms with Gasteiger partial charge in [-0.25, -0.2) is 8.78 Å². The summed E-state index contributed by atoms with van der Waals surface area (Å²) in [7, 11) is 0. The van der Waals surface area contributed by atoms with Gasteiger partial charge >= 0.3 is 0 Å². The van der Waals surface area contributed by atoms with Crippen LogP contribution in [-0.4, -0.2) is 5.78 Å². The summed E-state index contributed by atoms with van der Waals surface area (Å²) in [6.45, 7) is 0. The lowest BCUT2D eigenvalue weighted by atomic mass is 10.0. The van der Waals surface area contributed by atoms with Crippen LogP contribution in [0.5, 0.6) is 0 Å². The molecule has 2 aliphatic rings. The van der Waals surface area contributed by atoms with Gasteiger partial charge in [0.25, 0.3) is 0 Å². The van der Waals surface area contributed by atoms with Crippen molar-refractivity contribution in [2.75, 3.05) is 0 Å². The average molecular weight is 236 g/mol. The minimum atomic E-state index is -0.931. The number of carbonyl (C=O) groups is 1. The smallest absolute Gasteiger partial charge is 0.166 e. The van der Waals surface area contributed by atoms with Gasteiger partial charge in [0.1, 0.15) is 0 Å². The van der Waals surface area contributed by atoms with Crippen LogP contribution in [0.3, 0.4) is 0 Å². The molecular weight excluding hydrogens is 222 g/mol. The lowest BCUT2D eigenvalue weighted by Gasteiger charge is -2.04. The Morgan fingerprint density at radius 3 is 2.29 bits per heavy atom. The number of ketones is 1. The predicted molar refractivity (Wildman–Crippen MR) is 59.6 cm³/mol. The zero-order chi connectivity index (χ0) is 12.0. The van der Waals surface area contributed by atoms with Gasteiger partial charge in [0, 0.05) is 11.5 Å². The number of hydrogen-bond donors (Lipinski definition) is 0. The summed E-state index contributed by atoms with van der Waals surface area (Å²) in [5.74, 6) is -0.744. The molecule has 2 atom stereocenters. The first-order valence-electron chi connectivity index (χ1n) is 6.18. The van der Waals surface area contributed by atoms with Crippen LogP contribution in [0.4, 0.5) is 8.78 Å². The third kappa shape index (κ3) is 1.78. The maximum atomic E-state index is 13.1. The highest BCUT2D eigenvalue weighted by Gasteiger charge is 2.54. The molecule has 2 saturated carbocycles. The molecule has 2 fully saturated rings. The number of halogens is 2. The van der Waals surface area contributed by atoms with Crippen molar-refractivity contribution in [1.82, 2.24) is 0 Å². The molecule has 0 saturated heterocycles. The molecule has 17 heavy (non-hydrogen) atoms. The summed E-state index contributed by atoms with van der Waals surface area (Å²) in [6.07, 6.45) is 4.63. The van der Waals surface area contributed by atoms with E-state index in [0.717, 1.165) is 25.0 Å².